The summed E-state index contributed by atoms with van der Waals surface area (Å²) in [4.78, 5) is 28.2. The monoisotopic (exact) mass is 503 g/mol. The zero-order valence-electron chi connectivity index (χ0n) is 21.4. The van der Waals surface area contributed by atoms with Crippen molar-refractivity contribution in [2.45, 2.75) is 46.7 Å². The first kappa shape index (κ1) is 28.2. The van der Waals surface area contributed by atoms with E-state index in [4.69, 9.17) is 4.74 Å². The number of anilines is 1. The van der Waals surface area contributed by atoms with Crippen LogP contribution in [-0.4, -0.2) is 57.6 Å². The maximum atomic E-state index is 13.7. The van der Waals surface area contributed by atoms with Crippen molar-refractivity contribution in [1.82, 2.24) is 10.2 Å². The van der Waals surface area contributed by atoms with Gasteiger partial charge in [-0.2, -0.15) is 0 Å². The number of aryl methyl sites for hydroxylation is 1. The van der Waals surface area contributed by atoms with Crippen LogP contribution in [0.25, 0.3) is 0 Å². The van der Waals surface area contributed by atoms with Crippen molar-refractivity contribution in [2.24, 2.45) is 5.92 Å². The first-order valence-corrected chi connectivity index (χ1v) is 13.6. The van der Waals surface area contributed by atoms with Crippen LogP contribution in [0.15, 0.2) is 48.5 Å². The molecule has 2 rings (SSSR count). The number of carbonyl (C=O) groups excluding carboxylic acids is 2. The lowest BCUT2D eigenvalue weighted by molar-refractivity contribution is -0.140. The number of nitrogens with zero attached hydrogens (tertiary/aromatic N) is 2. The highest BCUT2D eigenvalue weighted by Crippen LogP contribution is 2.23. The summed E-state index contributed by atoms with van der Waals surface area (Å²) in [7, 11) is -2.20. The third-order valence-corrected chi connectivity index (χ3v) is 6.75. The maximum Gasteiger partial charge on any atom is 0.244 e. The fourth-order valence-corrected chi connectivity index (χ4v) is 4.65. The first-order chi connectivity index (χ1) is 16.5. The second kappa shape index (κ2) is 12.6. The molecule has 0 saturated heterocycles. The van der Waals surface area contributed by atoms with E-state index in [0.717, 1.165) is 21.7 Å². The van der Waals surface area contributed by atoms with Gasteiger partial charge >= 0.3 is 0 Å². The van der Waals surface area contributed by atoms with Crippen molar-refractivity contribution in [2.75, 3.05) is 30.8 Å². The summed E-state index contributed by atoms with van der Waals surface area (Å²) in [6.45, 7) is 7.81. The van der Waals surface area contributed by atoms with Crippen LogP contribution in [0.1, 0.15) is 38.3 Å². The predicted octanol–water partition coefficient (Wildman–Crippen LogP) is 3.35. The van der Waals surface area contributed by atoms with Crippen LogP contribution in [0.5, 0.6) is 5.75 Å². The summed E-state index contributed by atoms with van der Waals surface area (Å²) < 4.78 is 31.8. The molecule has 35 heavy (non-hydrogen) atoms. The van der Waals surface area contributed by atoms with Crippen LogP contribution >= 0.6 is 0 Å². The summed E-state index contributed by atoms with van der Waals surface area (Å²) in [5.41, 5.74) is 1.93. The highest BCUT2D eigenvalue weighted by molar-refractivity contribution is 7.92. The van der Waals surface area contributed by atoms with Crippen molar-refractivity contribution in [1.29, 1.82) is 0 Å². The van der Waals surface area contributed by atoms with Crippen molar-refractivity contribution >= 4 is 27.5 Å². The summed E-state index contributed by atoms with van der Waals surface area (Å²) in [5.74, 6) is 0.151. The zero-order valence-corrected chi connectivity index (χ0v) is 22.3. The number of ether oxygens (including phenoxy) is 1. The molecule has 0 fully saturated rings. The van der Waals surface area contributed by atoms with E-state index in [1.54, 1.807) is 44.4 Å². The maximum absolute atomic E-state index is 13.7. The van der Waals surface area contributed by atoms with Gasteiger partial charge < -0.3 is 15.0 Å². The van der Waals surface area contributed by atoms with Gasteiger partial charge in [-0.1, -0.05) is 51.1 Å². The number of rotatable bonds is 12. The van der Waals surface area contributed by atoms with Gasteiger partial charge in [0.2, 0.25) is 21.8 Å². The minimum Gasteiger partial charge on any atom is -0.497 e. The Morgan fingerprint density at radius 1 is 1.09 bits per heavy atom. The van der Waals surface area contributed by atoms with E-state index in [1.165, 1.54) is 4.90 Å². The topological polar surface area (TPSA) is 96.0 Å². The van der Waals surface area contributed by atoms with E-state index in [-0.39, 0.29) is 18.4 Å². The molecule has 0 aromatic heterocycles. The summed E-state index contributed by atoms with van der Waals surface area (Å²) in [5, 5.41) is 2.91. The Morgan fingerprint density at radius 3 is 2.34 bits per heavy atom. The normalized spacial score (nSPS) is 12.2. The molecule has 8 nitrogen and oxygen atoms in total. The number of nitrogens with one attached hydrogen (secondary N) is 1. The number of para-hydroxylation sites is 1. The minimum atomic E-state index is -3.76. The lowest BCUT2D eigenvalue weighted by atomic mass is 10.1. The molecule has 2 aromatic carbocycles. The van der Waals surface area contributed by atoms with Crippen LogP contribution in [0.3, 0.4) is 0 Å². The number of hydrogen-bond acceptors (Lipinski definition) is 5. The van der Waals surface area contributed by atoms with Crippen molar-refractivity contribution in [3.05, 3.63) is 59.7 Å². The predicted molar refractivity (Wildman–Crippen MR) is 139 cm³/mol. The van der Waals surface area contributed by atoms with E-state index in [1.807, 2.05) is 39.0 Å². The van der Waals surface area contributed by atoms with E-state index >= 15 is 0 Å². The fourth-order valence-electron chi connectivity index (χ4n) is 3.75. The molecule has 9 heteroatoms. The SMILES string of the molecule is CC[C@@H](C(=O)NCC(C)C)N(Cc1cccc(OC)c1)C(=O)CN(c1ccccc1C)S(C)(=O)=O. The van der Waals surface area contributed by atoms with Gasteiger partial charge in [0.1, 0.15) is 18.3 Å². The van der Waals surface area contributed by atoms with E-state index in [0.29, 0.717) is 24.4 Å². The Labute approximate surface area is 209 Å². The Balaban J connectivity index is 2.45. The van der Waals surface area contributed by atoms with Gasteiger partial charge in [-0.25, -0.2) is 8.42 Å². The molecule has 0 aliphatic heterocycles. The van der Waals surface area contributed by atoms with Gasteiger partial charge in [-0.05, 0) is 48.6 Å². The molecular weight excluding hydrogens is 466 g/mol. The quantitative estimate of drug-likeness (QED) is 0.479. The van der Waals surface area contributed by atoms with E-state index in [9.17, 15) is 18.0 Å². The molecule has 0 aliphatic rings. The second-order valence-corrected chi connectivity index (χ2v) is 10.9. The molecule has 192 valence electrons. The summed E-state index contributed by atoms with van der Waals surface area (Å²) in [6.07, 6.45) is 1.45. The Hall–Kier alpha value is -3.07. The minimum absolute atomic E-state index is 0.134. The largest absolute Gasteiger partial charge is 0.497 e. The van der Waals surface area contributed by atoms with Gasteiger partial charge in [0.25, 0.3) is 0 Å². The number of sulfonamides is 1. The second-order valence-electron chi connectivity index (χ2n) is 8.99. The number of hydrogen-bond donors (Lipinski definition) is 1. The average molecular weight is 504 g/mol. The highest BCUT2D eigenvalue weighted by Gasteiger charge is 2.32. The van der Waals surface area contributed by atoms with Crippen molar-refractivity contribution in [3.63, 3.8) is 0 Å². The van der Waals surface area contributed by atoms with Crippen LogP contribution < -0.4 is 14.4 Å². The molecule has 0 unspecified atom stereocenters. The molecule has 1 N–H and O–H groups in total. The van der Waals surface area contributed by atoms with Crippen molar-refractivity contribution < 1.29 is 22.7 Å². The lowest BCUT2D eigenvalue weighted by Gasteiger charge is -2.33. The number of benzene rings is 2. The van der Waals surface area contributed by atoms with Gasteiger partial charge in [0.05, 0.1) is 19.1 Å². The Bertz CT molecular complexity index is 1120. The third-order valence-electron chi connectivity index (χ3n) is 5.62. The van der Waals surface area contributed by atoms with Crippen LogP contribution in [0.2, 0.25) is 0 Å². The van der Waals surface area contributed by atoms with Crippen LogP contribution in [-0.2, 0) is 26.2 Å². The molecule has 0 spiro atoms. The fraction of sp³-hybridized carbons (Fsp3) is 0.462. The molecule has 2 aromatic rings. The third kappa shape index (κ3) is 7.99. The molecular formula is C26H37N3O5S. The molecule has 0 radical (unpaired) electrons. The first-order valence-electron chi connectivity index (χ1n) is 11.7. The molecule has 0 saturated carbocycles. The Kier molecular flexibility index (Phi) is 10.1. The van der Waals surface area contributed by atoms with Crippen LogP contribution in [0, 0.1) is 12.8 Å². The van der Waals surface area contributed by atoms with Gasteiger partial charge in [0, 0.05) is 13.1 Å². The van der Waals surface area contributed by atoms with Crippen molar-refractivity contribution in [3.8, 4) is 5.75 Å². The Morgan fingerprint density at radius 2 is 1.77 bits per heavy atom. The van der Waals surface area contributed by atoms with Gasteiger partial charge in [-0.3, -0.25) is 13.9 Å². The number of amides is 2. The van der Waals surface area contributed by atoms with E-state index in [2.05, 4.69) is 5.32 Å². The summed E-state index contributed by atoms with van der Waals surface area (Å²) >= 11 is 0. The molecule has 0 heterocycles. The van der Waals surface area contributed by atoms with Crippen LogP contribution in [0.4, 0.5) is 5.69 Å². The number of methoxy groups -OCH3 is 1. The molecule has 2 amide bonds. The van der Waals surface area contributed by atoms with E-state index < -0.39 is 28.5 Å². The zero-order chi connectivity index (χ0) is 26.2. The van der Waals surface area contributed by atoms with Gasteiger partial charge in [-0.15, -0.1) is 0 Å². The average Bonchev–Trinajstić information content (AvgIpc) is 2.80. The standard InChI is InChI=1S/C26H37N3O5S/c1-7-23(26(31)27-16-19(2)3)28(17-21-12-10-13-22(15-21)34-5)25(30)18-29(35(6,32)33)24-14-9-8-11-20(24)4/h8-15,19,23H,7,16-18H2,1-6H3,(H,27,31)/t23-/m0/s1. The molecule has 0 aliphatic carbocycles. The lowest BCUT2D eigenvalue weighted by Crippen LogP contribution is -2.52. The van der Waals surface area contributed by atoms with Gasteiger partial charge in [0.15, 0.2) is 0 Å². The summed E-state index contributed by atoms with van der Waals surface area (Å²) in [6, 6.07) is 13.5. The molecule has 1 atom stereocenters. The molecule has 0 bridgehead atoms. The number of carbonyl (C=O) groups is 2. The smallest absolute Gasteiger partial charge is 0.244 e. The highest BCUT2D eigenvalue weighted by atomic mass is 32.2.